The number of hydrogen-bond donors (Lipinski definition) is 1. The summed E-state index contributed by atoms with van der Waals surface area (Å²) >= 11 is 1.37. The quantitative estimate of drug-likeness (QED) is 0.772. The van der Waals surface area contributed by atoms with Gasteiger partial charge in [-0.05, 0) is 24.3 Å². The van der Waals surface area contributed by atoms with Crippen LogP contribution >= 0.6 is 11.3 Å². The van der Waals surface area contributed by atoms with Gasteiger partial charge in [0.05, 0.1) is 24.0 Å². The highest BCUT2D eigenvalue weighted by molar-refractivity contribution is 7.13. The number of aromatic nitrogens is 1. The van der Waals surface area contributed by atoms with E-state index in [1.165, 1.54) is 16.2 Å². The van der Waals surface area contributed by atoms with E-state index in [-0.39, 0.29) is 18.4 Å². The monoisotopic (exact) mass is 365 g/mol. The van der Waals surface area contributed by atoms with E-state index in [9.17, 15) is 9.59 Å². The lowest BCUT2D eigenvalue weighted by Gasteiger charge is -2.28. The van der Waals surface area contributed by atoms with E-state index in [4.69, 9.17) is 4.74 Å². The lowest BCUT2D eigenvalue weighted by Crippen LogP contribution is -2.42. The maximum atomic E-state index is 13.0. The molecule has 1 aliphatic heterocycles. The number of fused-ring (bicyclic) bond motifs is 1. The summed E-state index contributed by atoms with van der Waals surface area (Å²) in [5, 5.41) is 5.18. The first kappa shape index (κ1) is 16.3. The molecule has 1 N–H and O–H groups in total. The maximum absolute atomic E-state index is 13.0. The van der Waals surface area contributed by atoms with Crippen LogP contribution in [0.1, 0.15) is 10.5 Å². The number of thiazole rings is 1. The van der Waals surface area contributed by atoms with Crippen LogP contribution in [0.3, 0.4) is 0 Å². The van der Waals surface area contributed by atoms with Crippen LogP contribution in [-0.2, 0) is 4.79 Å². The summed E-state index contributed by atoms with van der Waals surface area (Å²) in [5.41, 5.74) is 2.43. The van der Waals surface area contributed by atoms with Crippen LogP contribution in [0, 0.1) is 0 Å². The van der Waals surface area contributed by atoms with Gasteiger partial charge in [0.2, 0.25) is 5.91 Å². The van der Waals surface area contributed by atoms with E-state index in [0.29, 0.717) is 27.8 Å². The van der Waals surface area contributed by atoms with Crippen LogP contribution in [-0.4, -0.2) is 30.5 Å². The van der Waals surface area contributed by atoms with Crippen molar-refractivity contribution in [1.29, 1.82) is 0 Å². The Morgan fingerprint density at radius 3 is 2.81 bits per heavy atom. The lowest BCUT2D eigenvalue weighted by atomic mass is 10.2. The van der Waals surface area contributed by atoms with Crippen molar-refractivity contribution in [2.45, 2.75) is 0 Å². The summed E-state index contributed by atoms with van der Waals surface area (Å²) < 4.78 is 5.36. The molecular weight excluding hydrogens is 350 g/mol. The number of nitrogens with zero attached hydrogens (tertiary/aromatic N) is 2. The van der Waals surface area contributed by atoms with Gasteiger partial charge in [0.1, 0.15) is 23.0 Å². The fourth-order valence-corrected chi connectivity index (χ4v) is 3.69. The van der Waals surface area contributed by atoms with Gasteiger partial charge in [-0.3, -0.25) is 14.5 Å². The summed E-state index contributed by atoms with van der Waals surface area (Å²) in [6, 6.07) is 14.7. The Morgan fingerprint density at radius 2 is 1.96 bits per heavy atom. The Labute approximate surface area is 154 Å². The second-order valence-corrected chi connectivity index (χ2v) is 6.55. The first-order valence-corrected chi connectivity index (χ1v) is 8.85. The third-order valence-electron chi connectivity index (χ3n) is 4.08. The third kappa shape index (κ3) is 2.82. The number of anilines is 2. The number of amides is 2. The molecule has 7 heteroatoms. The fourth-order valence-electron chi connectivity index (χ4n) is 2.87. The molecule has 3 aromatic rings. The van der Waals surface area contributed by atoms with Gasteiger partial charge in [0.25, 0.3) is 5.91 Å². The third-order valence-corrected chi connectivity index (χ3v) is 4.95. The molecule has 0 bridgehead atoms. The minimum absolute atomic E-state index is 0.0304. The lowest BCUT2D eigenvalue weighted by molar-refractivity contribution is -0.115. The van der Waals surface area contributed by atoms with Crippen LogP contribution in [0.15, 0.2) is 53.9 Å². The number of carbonyl (C=O) groups is 2. The second-order valence-electron chi connectivity index (χ2n) is 5.69. The number of para-hydroxylation sites is 3. The van der Waals surface area contributed by atoms with Crippen LogP contribution in [0.5, 0.6) is 5.75 Å². The molecule has 0 fully saturated rings. The van der Waals surface area contributed by atoms with Crippen molar-refractivity contribution in [3.63, 3.8) is 0 Å². The molecule has 0 saturated carbocycles. The number of hydrogen-bond acceptors (Lipinski definition) is 5. The highest BCUT2D eigenvalue weighted by atomic mass is 32.1. The smallest absolute Gasteiger partial charge is 0.278 e. The van der Waals surface area contributed by atoms with Gasteiger partial charge in [0.15, 0.2) is 0 Å². The minimum Gasteiger partial charge on any atom is -0.496 e. The van der Waals surface area contributed by atoms with Crippen molar-refractivity contribution < 1.29 is 14.3 Å². The fraction of sp³-hybridized carbons (Fsp3) is 0.105. The summed E-state index contributed by atoms with van der Waals surface area (Å²) in [5.74, 6) is 0.172. The molecule has 130 valence electrons. The van der Waals surface area contributed by atoms with Gasteiger partial charge in [-0.1, -0.05) is 24.3 Å². The number of methoxy groups -OCH3 is 1. The van der Waals surface area contributed by atoms with Gasteiger partial charge in [-0.25, -0.2) is 4.98 Å². The van der Waals surface area contributed by atoms with Crippen molar-refractivity contribution >= 4 is 34.5 Å². The van der Waals surface area contributed by atoms with Crippen LogP contribution < -0.4 is 15.0 Å². The molecule has 0 radical (unpaired) electrons. The molecule has 0 unspecified atom stereocenters. The Hall–Kier alpha value is -3.19. The molecule has 4 rings (SSSR count). The van der Waals surface area contributed by atoms with Crippen LogP contribution in [0.2, 0.25) is 0 Å². The van der Waals surface area contributed by atoms with E-state index in [2.05, 4.69) is 10.3 Å². The van der Waals surface area contributed by atoms with Gasteiger partial charge in [-0.2, -0.15) is 0 Å². The van der Waals surface area contributed by atoms with E-state index in [1.54, 1.807) is 24.6 Å². The molecule has 6 nitrogen and oxygen atoms in total. The Kier molecular flexibility index (Phi) is 4.14. The number of rotatable bonds is 3. The Balaban J connectivity index is 1.68. The van der Waals surface area contributed by atoms with Crippen molar-refractivity contribution in [3.8, 4) is 16.3 Å². The molecule has 1 aliphatic rings. The summed E-state index contributed by atoms with van der Waals surface area (Å²) in [4.78, 5) is 30.8. The van der Waals surface area contributed by atoms with Crippen molar-refractivity contribution in [1.82, 2.24) is 4.98 Å². The van der Waals surface area contributed by atoms with Gasteiger partial charge < -0.3 is 10.1 Å². The van der Waals surface area contributed by atoms with Gasteiger partial charge in [0, 0.05) is 5.38 Å². The number of benzene rings is 2. The van der Waals surface area contributed by atoms with Crippen molar-refractivity contribution in [2.24, 2.45) is 0 Å². The molecule has 0 saturated heterocycles. The first-order chi connectivity index (χ1) is 12.7. The normalized spacial score (nSPS) is 13.1. The van der Waals surface area contributed by atoms with E-state index >= 15 is 0 Å². The maximum Gasteiger partial charge on any atom is 0.278 e. The molecule has 26 heavy (non-hydrogen) atoms. The van der Waals surface area contributed by atoms with E-state index < -0.39 is 0 Å². The average Bonchev–Trinajstić information content (AvgIpc) is 3.16. The molecule has 2 aromatic carbocycles. The topological polar surface area (TPSA) is 71.5 Å². The van der Waals surface area contributed by atoms with Crippen LogP contribution in [0.4, 0.5) is 11.4 Å². The average molecular weight is 365 g/mol. The predicted molar refractivity (Wildman–Crippen MR) is 101 cm³/mol. The van der Waals surface area contributed by atoms with Crippen LogP contribution in [0.25, 0.3) is 10.6 Å². The molecule has 0 atom stereocenters. The summed E-state index contributed by atoms with van der Waals surface area (Å²) in [6.45, 7) is -0.0304. The highest BCUT2D eigenvalue weighted by Crippen LogP contribution is 2.34. The number of nitrogens with one attached hydrogen (secondary N) is 1. The van der Waals surface area contributed by atoms with Crippen molar-refractivity contribution in [2.75, 3.05) is 23.9 Å². The molecular formula is C19H15N3O3S. The molecule has 0 aliphatic carbocycles. The number of ether oxygens (including phenoxy) is 1. The van der Waals surface area contributed by atoms with Gasteiger partial charge in [-0.15, -0.1) is 11.3 Å². The van der Waals surface area contributed by atoms with E-state index in [0.717, 1.165) is 5.56 Å². The molecule has 1 aromatic heterocycles. The molecule has 0 spiro atoms. The highest BCUT2D eigenvalue weighted by Gasteiger charge is 2.29. The van der Waals surface area contributed by atoms with E-state index in [1.807, 2.05) is 36.4 Å². The zero-order chi connectivity index (χ0) is 18.1. The predicted octanol–water partition coefficient (Wildman–Crippen LogP) is 3.42. The Morgan fingerprint density at radius 1 is 1.19 bits per heavy atom. The first-order valence-electron chi connectivity index (χ1n) is 7.97. The Bertz CT molecular complexity index is 999. The summed E-state index contributed by atoms with van der Waals surface area (Å²) in [6.07, 6.45) is 0. The zero-order valence-electron chi connectivity index (χ0n) is 13.9. The summed E-state index contributed by atoms with van der Waals surface area (Å²) in [7, 11) is 1.60. The largest absolute Gasteiger partial charge is 0.496 e. The second kappa shape index (κ2) is 6.61. The van der Waals surface area contributed by atoms with Crippen molar-refractivity contribution in [3.05, 3.63) is 59.6 Å². The SMILES string of the molecule is COc1ccccc1-c1nc(C(=O)N2CC(=O)Nc3ccccc32)cs1. The molecule has 2 amide bonds. The molecule has 2 heterocycles. The minimum atomic E-state index is -0.301. The van der Waals surface area contributed by atoms with Gasteiger partial charge >= 0.3 is 0 Å². The zero-order valence-corrected chi connectivity index (χ0v) is 14.7. The number of carbonyl (C=O) groups excluding carboxylic acids is 2. The standard InChI is InChI=1S/C19H15N3O3S/c1-25-16-9-5-2-6-12(16)18-21-14(11-26-18)19(24)22-10-17(23)20-13-7-3-4-8-15(13)22/h2-9,11H,10H2,1H3,(H,20,23).